The highest BCUT2D eigenvalue weighted by Gasteiger charge is 2.38. The third-order valence-corrected chi connectivity index (χ3v) is 5.97. The number of halogens is 8. The first-order valence-electron chi connectivity index (χ1n) is 10.3. The molecule has 188 valence electrons. The summed E-state index contributed by atoms with van der Waals surface area (Å²) in [6.07, 6.45) is -9.49. The maximum atomic E-state index is 13.6. The van der Waals surface area contributed by atoms with Crippen LogP contribution in [0.15, 0.2) is 36.4 Å². The Morgan fingerprint density at radius 3 is 2.12 bits per heavy atom. The molecule has 1 heterocycles. The fourth-order valence-corrected chi connectivity index (χ4v) is 4.40. The third-order valence-electron chi connectivity index (χ3n) is 5.97. The van der Waals surface area contributed by atoms with Gasteiger partial charge in [0, 0.05) is 32.0 Å². The zero-order valence-corrected chi connectivity index (χ0v) is 19.2. The molecule has 0 bridgehead atoms. The first-order chi connectivity index (χ1) is 15.3. The van der Waals surface area contributed by atoms with E-state index in [1.165, 1.54) is 19.2 Å². The Hall–Kier alpha value is -2.33. The molecule has 1 saturated heterocycles. The molecule has 1 N–H and O–H groups in total. The number of nitrogens with zero attached hydrogens (tertiary/aromatic N) is 1. The summed E-state index contributed by atoms with van der Waals surface area (Å²) in [4.78, 5) is 14.2. The van der Waals surface area contributed by atoms with Crippen LogP contribution in [0.25, 0.3) is 0 Å². The van der Waals surface area contributed by atoms with Crippen LogP contribution in [0.2, 0.25) is 0 Å². The van der Waals surface area contributed by atoms with E-state index in [1.54, 1.807) is 17.9 Å². The van der Waals surface area contributed by atoms with Gasteiger partial charge in [-0.15, -0.1) is 12.4 Å². The van der Waals surface area contributed by atoms with Crippen molar-refractivity contribution in [3.8, 4) is 0 Å². The van der Waals surface area contributed by atoms with Crippen molar-refractivity contribution in [1.82, 2.24) is 10.2 Å². The van der Waals surface area contributed by atoms with Gasteiger partial charge in [-0.1, -0.05) is 6.07 Å². The minimum atomic E-state index is -4.92. The van der Waals surface area contributed by atoms with E-state index in [4.69, 9.17) is 0 Å². The van der Waals surface area contributed by atoms with Crippen molar-refractivity contribution in [2.45, 2.75) is 38.2 Å². The van der Waals surface area contributed by atoms with Gasteiger partial charge in [0.15, 0.2) is 0 Å². The van der Waals surface area contributed by atoms with Crippen molar-refractivity contribution in [3.63, 3.8) is 0 Å². The minimum Gasteiger partial charge on any atom is -0.359 e. The summed E-state index contributed by atoms with van der Waals surface area (Å²) in [5.74, 6) is -1.51. The standard InChI is InChI=1S/C23H23F7N2O.ClH/c1-13-7-17(24)3-4-18(13)20-12-32(6-5-19(20)21(33)31-2)11-14-8-15(22(25,26)27)10-16(9-14)23(28,29)30;/h3-4,7-10,19-20H,5-6,11-12H2,1-2H3,(H,31,33);1H/t19-,20+;/m1./s1. The van der Waals surface area contributed by atoms with Crippen molar-refractivity contribution >= 4 is 18.3 Å². The minimum absolute atomic E-state index is 0. The van der Waals surface area contributed by atoms with Crippen LogP contribution in [0.5, 0.6) is 0 Å². The molecular formula is C23H24ClF7N2O. The number of nitrogens with one attached hydrogen (secondary N) is 1. The Balaban J connectivity index is 0.00000408. The van der Waals surface area contributed by atoms with Crippen LogP contribution in [-0.4, -0.2) is 30.9 Å². The number of piperidine rings is 1. The smallest absolute Gasteiger partial charge is 0.359 e. The van der Waals surface area contributed by atoms with Crippen molar-refractivity contribution < 1.29 is 35.5 Å². The highest BCUT2D eigenvalue weighted by molar-refractivity contribution is 5.85. The van der Waals surface area contributed by atoms with Gasteiger partial charge in [-0.05, 0) is 66.9 Å². The van der Waals surface area contributed by atoms with E-state index in [1.807, 2.05) is 0 Å². The second-order valence-corrected chi connectivity index (χ2v) is 8.27. The zero-order valence-electron chi connectivity index (χ0n) is 18.4. The van der Waals surface area contributed by atoms with Crippen LogP contribution in [-0.2, 0) is 23.7 Å². The molecule has 1 aliphatic heterocycles. The van der Waals surface area contributed by atoms with Gasteiger partial charge in [0.2, 0.25) is 5.91 Å². The predicted molar refractivity (Wildman–Crippen MR) is 115 cm³/mol. The Morgan fingerprint density at radius 1 is 1.03 bits per heavy atom. The van der Waals surface area contributed by atoms with Crippen LogP contribution in [0.3, 0.4) is 0 Å². The molecule has 1 amide bonds. The second kappa shape index (κ2) is 10.5. The van der Waals surface area contributed by atoms with E-state index in [-0.39, 0.29) is 43.0 Å². The lowest BCUT2D eigenvalue weighted by Crippen LogP contribution is -2.44. The maximum Gasteiger partial charge on any atom is 0.416 e. The zero-order chi connectivity index (χ0) is 24.6. The van der Waals surface area contributed by atoms with Gasteiger partial charge in [0.05, 0.1) is 11.1 Å². The number of aryl methyl sites for hydroxylation is 1. The summed E-state index contributed by atoms with van der Waals surface area (Å²) in [6.45, 7) is 2.08. The number of benzene rings is 2. The molecule has 1 aliphatic rings. The average molecular weight is 513 g/mol. The molecular weight excluding hydrogens is 489 g/mol. The third kappa shape index (κ3) is 6.41. The summed E-state index contributed by atoms with van der Waals surface area (Å²) in [5, 5.41) is 2.60. The van der Waals surface area contributed by atoms with Crippen molar-refractivity contribution in [3.05, 3.63) is 70.0 Å². The molecule has 2 atom stereocenters. The molecule has 0 spiro atoms. The Kier molecular flexibility index (Phi) is 8.63. The Labute approximate surface area is 198 Å². The number of alkyl halides is 6. The number of hydrogen-bond acceptors (Lipinski definition) is 2. The van der Waals surface area contributed by atoms with Gasteiger partial charge < -0.3 is 5.32 Å². The Bertz CT molecular complexity index is 991. The SMILES string of the molecule is CNC(=O)[C@@H]1CCN(Cc2cc(C(F)(F)F)cc(C(F)(F)F)c2)C[C@H]1c1ccc(F)cc1C.Cl. The molecule has 2 aromatic carbocycles. The molecule has 11 heteroatoms. The molecule has 1 fully saturated rings. The van der Waals surface area contributed by atoms with Crippen molar-refractivity contribution in [1.29, 1.82) is 0 Å². The maximum absolute atomic E-state index is 13.6. The summed E-state index contributed by atoms with van der Waals surface area (Å²) in [5.41, 5.74) is -1.51. The van der Waals surface area contributed by atoms with E-state index >= 15 is 0 Å². The normalized spacial score (nSPS) is 19.4. The first kappa shape index (κ1) is 27.9. The number of amides is 1. The molecule has 2 aromatic rings. The van der Waals surface area contributed by atoms with Gasteiger partial charge in [-0.3, -0.25) is 9.69 Å². The summed E-state index contributed by atoms with van der Waals surface area (Å²) >= 11 is 0. The predicted octanol–water partition coefficient (Wildman–Crippen LogP) is 5.95. The van der Waals surface area contributed by atoms with Gasteiger partial charge in [0.25, 0.3) is 0 Å². The second-order valence-electron chi connectivity index (χ2n) is 8.27. The average Bonchev–Trinajstić information content (AvgIpc) is 2.71. The van der Waals surface area contributed by atoms with E-state index in [0.29, 0.717) is 18.5 Å². The lowest BCUT2D eigenvalue weighted by Gasteiger charge is -2.38. The van der Waals surface area contributed by atoms with E-state index in [9.17, 15) is 35.5 Å². The first-order valence-corrected chi connectivity index (χ1v) is 10.3. The fraction of sp³-hybridized carbons (Fsp3) is 0.435. The largest absolute Gasteiger partial charge is 0.416 e. The highest BCUT2D eigenvalue weighted by Crippen LogP contribution is 2.38. The van der Waals surface area contributed by atoms with Crippen LogP contribution in [0.4, 0.5) is 30.7 Å². The molecule has 0 aliphatic carbocycles. The van der Waals surface area contributed by atoms with Gasteiger partial charge >= 0.3 is 12.4 Å². The summed E-state index contributed by atoms with van der Waals surface area (Å²) < 4.78 is 92.8. The van der Waals surface area contributed by atoms with Gasteiger partial charge in [0.1, 0.15) is 5.82 Å². The molecule has 0 radical (unpaired) electrons. The highest BCUT2D eigenvalue weighted by atomic mass is 35.5. The quantitative estimate of drug-likeness (QED) is 0.514. The van der Waals surface area contributed by atoms with Crippen molar-refractivity contribution in [2.24, 2.45) is 5.92 Å². The number of likely N-dealkylation sites (tertiary alicyclic amines) is 1. The number of rotatable bonds is 4. The van der Waals surface area contributed by atoms with Crippen molar-refractivity contribution in [2.75, 3.05) is 20.1 Å². The summed E-state index contributed by atoms with van der Waals surface area (Å²) in [6, 6.07) is 5.71. The molecule has 3 nitrogen and oxygen atoms in total. The summed E-state index contributed by atoms with van der Waals surface area (Å²) in [7, 11) is 1.49. The molecule has 0 saturated carbocycles. The monoisotopic (exact) mass is 512 g/mol. The van der Waals surface area contributed by atoms with Crippen LogP contribution in [0, 0.1) is 18.7 Å². The lowest BCUT2D eigenvalue weighted by atomic mass is 9.78. The molecule has 3 rings (SSSR count). The molecule has 34 heavy (non-hydrogen) atoms. The number of carbonyl (C=O) groups is 1. The topological polar surface area (TPSA) is 32.3 Å². The van der Waals surface area contributed by atoms with Crippen LogP contribution >= 0.6 is 12.4 Å². The van der Waals surface area contributed by atoms with Crippen LogP contribution in [0.1, 0.15) is 40.2 Å². The van der Waals surface area contributed by atoms with Gasteiger partial charge in [-0.2, -0.15) is 26.3 Å². The lowest BCUT2D eigenvalue weighted by molar-refractivity contribution is -0.143. The number of carbonyl (C=O) groups excluding carboxylic acids is 1. The van der Waals surface area contributed by atoms with E-state index in [0.717, 1.165) is 17.7 Å². The van der Waals surface area contributed by atoms with E-state index in [2.05, 4.69) is 5.32 Å². The molecule has 0 aromatic heterocycles. The van der Waals surface area contributed by atoms with Crippen LogP contribution < -0.4 is 5.32 Å². The fourth-order valence-electron chi connectivity index (χ4n) is 4.40. The van der Waals surface area contributed by atoms with E-state index < -0.39 is 41.1 Å². The molecule has 0 unspecified atom stereocenters. The van der Waals surface area contributed by atoms with Gasteiger partial charge in [-0.25, -0.2) is 4.39 Å². The number of hydrogen-bond donors (Lipinski definition) is 1. The Morgan fingerprint density at radius 2 is 1.62 bits per heavy atom.